The van der Waals surface area contributed by atoms with Gasteiger partial charge in [0.15, 0.2) is 0 Å². The summed E-state index contributed by atoms with van der Waals surface area (Å²) in [5, 5.41) is 8.91. The van der Waals surface area contributed by atoms with Crippen LogP contribution in [0.3, 0.4) is 0 Å². The second-order valence-corrected chi connectivity index (χ2v) is 5.28. The van der Waals surface area contributed by atoms with E-state index in [1.54, 1.807) is 24.7 Å². The Morgan fingerprint density at radius 2 is 2.29 bits per heavy atom. The molecule has 1 atom stereocenters. The van der Waals surface area contributed by atoms with Crippen LogP contribution in [0.15, 0.2) is 24.5 Å². The van der Waals surface area contributed by atoms with Crippen LogP contribution in [0.1, 0.15) is 10.4 Å². The highest BCUT2D eigenvalue weighted by atomic mass is 32.2. The second kappa shape index (κ2) is 4.67. The summed E-state index contributed by atoms with van der Waals surface area (Å²) in [4.78, 5) is 15.0. The highest BCUT2D eigenvalue weighted by molar-refractivity contribution is 7.84. The molecule has 0 amide bonds. The summed E-state index contributed by atoms with van der Waals surface area (Å²) in [7, 11) is -0.872. The molecule has 1 heterocycles. The maximum Gasteiger partial charge on any atom is 0.335 e. The van der Waals surface area contributed by atoms with Gasteiger partial charge in [0.1, 0.15) is 0 Å². The average molecular weight is 252 g/mol. The number of aromatic nitrogens is 2. The first-order chi connectivity index (χ1) is 8.08. The first kappa shape index (κ1) is 11.8. The molecule has 2 rings (SSSR count). The van der Waals surface area contributed by atoms with Crippen molar-refractivity contribution < 1.29 is 14.1 Å². The van der Waals surface area contributed by atoms with E-state index >= 15 is 0 Å². The number of nitrogens with zero attached hydrogens (tertiary/aromatic N) is 2. The van der Waals surface area contributed by atoms with Gasteiger partial charge in [-0.2, -0.15) is 0 Å². The first-order valence-corrected chi connectivity index (χ1v) is 6.79. The number of hydrogen-bond acceptors (Lipinski definition) is 3. The van der Waals surface area contributed by atoms with E-state index in [9.17, 15) is 9.00 Å². The van der Waals surface area contributed by atoms with Crippen LogP contribution in [0.2, 0.25) is 0 Å². The van der Waals surface area contributed by atoms with Crippen molar-refractivity contribution in [2.75, 3.05) is 12.0 Å². The normalized spacial score (nSPS) is 12.8. The van der Waals surface area contributed by atoms with Crippen LogP contribution in [-0.4, -0.2) is 36.8 Å². The molecular formula is C11H12N2O3S. The summed E-state index contributed by atoms with van der Waals surface area (Å²) in [5.41, 5.74) is 1.74. The molecule has 5 nitrogen and oxygen atoms in total. The van der Waals surface area contributed by atoms with Crippen molar-refractivity contribution in [2.24, 2.45) is 0 Å². The number of aromatic carboxylic acids is 1. The average Bonchev–Trinajstić information content (AvgIpc) is 2.68. The van der Waals surface area contributed by atoms with E-state index in [1.165, 1.54) is 6.07 Å². The van der Waals surface area contributed by atoms with Crippen LogP contribution in [0, 0.1) is 0 Å². The summed E-state index contributed by atoms with van der Waals surface area (Å²) >= 11 is 0. The number of imidazole rings is 1. The lowest BCUT2D eigenvalue weighted by molar-refractivity contribution is 0.0697. The van der Waals surface area contributed by atoms with Crippen LogP contribution in [-0.2, 0) is 17.3 Å². The summed E-state index contributed by atoms with van der Waals surface area (Å²) in [6.07, 6.45) is 3.28. The number of rotatable bonds is 4. The summed E-state index contributed by atoms with van der Waals surface area (Å²) in [6.45, 7) is 0.572. The Labute approximate surface area is 101 Å². The molecule has 0 spiro atoms. The van der Waals surface area contributed by atoms with Gasteiger partial charge < -0.3 is 9.67 Å². The smallest absolute Gasteiger partial charge is 0.335 e. The summed E-state index contributed by atoms with van der Waals surface area (Å²) in [5.74, 6) is -0.429. The van der Waals surface area contributed by atoms with Gasteiger partial charge in [0.25, 0.3) is 0 Å². The van der Waals surface area contributed by atoms with Crippen LogP contribution in [0.5, 0.6) is 0 Å². The molecule has 1 aromatic heterocycles. The third-order valence-corrected chi connectivity index (χ3v) is 3.25. The third kappa shape index (κ3) is 2.52. The van der Waals surface area contributed by atoms with Crippen LogP contribution in [0.4, 0.5) is 0 Å². The maximum absolute atomic E-state index is 11.0. The number of carbonyl (C=O) groups is 1. The number of fused-ring (bicyclic) bond motifs is 1. The SMILES string of the molecule is CS(=O)CCn1cnc2ccc(C(=O)O)cc21. The molecule has 17 heavy (non-hydrogen) atoms. The predicted octanol–water partition coefficient (Wildman–Crippen LogP) is 1.11. The minimum Gasteiger partial charge on any atom is -0.478 e. The number of benzene rings is 1. The van der Waals surface area contributed by atoms with Gasteiger partial charge >= 0.3 is 5.97 Å². The Morgan fingerprint density at radius 1 is 1.53 bits per heavy atom. The zero-order valence-electron chi connectivity index (χ0n) is 9.29. The second-order valence-electron chi connectivity index (χ2n) is 3.72. The molecule has 90 valence electrons. The van der Waals surface area contributed by atoms with Gasteiger partial charge in [-0.05, 0) is 18.2 Å². The Bertz CT molecular complexity index is 591. The quantitative estimate of drug-likeness (QED) is 0.884. The van der Waals surface area contributed by atoms with E-state index in [-0.39, 0.29) is 5.56 Å². The maximum atomic E-state index is 11.0. The van der Waals surface area contributed by atoms with E-state index in [1.807, 2.05) is 4.57 Å². The highest BCUT2D eigenvalue weighted by Crippen LogP contribution is 2.15. The van der Waals surface area contributed by atoms with Crippen molar-refractivity contribution in [2.45, 2.75) is 6.54 Å². The zero-order valence-corrected chi connectivity index (χ0v) is 10.1. The molecule has 0 aliphatic heterocycles. The molecule has 0 saturated carbocycles. The fraction of sp³-hybridized carbons (Fsp3) is 0.273. The topological polar surface area (TPSA) is 72.2 Å². The number of hydrogen-bond donors (Lipinski definition) is 1. The lowest BCUT2D eigenvalue weighted by Gasteiger charge is -2.03. The Balaban J connectivity index is 2.39. The van der Waals surface area contributed by atoms with Gasteiger partial charge in [-0.25, -0.2) is 9.78 Å². The van der Waals surface area contributed by atoms with Gasteiger partial charge in [0.05, 0.1) is 22.9 Å². The lowest BCUT2D eigenvalue weighted by atomic mass is 10.2. The van der Waals surface area contributed by atoms with Crippen molar-refractivity contribution in [3.8, 4) is 0 Å². The van der Waals surface area contributed by atoms with E-state index in [4.69, 9.17) is 5.11 Å². The van der Waals surface area contributed by atoms with E-state index in [2.05, 4.69) is 4.98 Å². The number of carboxylic acid groups (broad SMARTS) is 1. The van der Waals surface area contributed by atoms with Crippen molar-refractivity contribution >= 4 is 27.8 Å². The molecule has 0 saturated heterocycles. The minimum atomic E-state index is -0.960. The molecule has 2 aromatic rings. The van der Waals surface area contributed by atoms with Crippen molar-refractivity contribution in [3.63, 3.8) is 0 Å². The van der Waals surface area contributed by atoms with Gasteiger partial charge in [-0.1, -0.05) is 0 Å². The standard InChI is InChI=1S/C11H12N2O3S/c1-17(16)5-4-13-7-12-9-3-2-8(11(14)15)6-10(9)13/h2-3,6-7H,4-5H2,1H3,(H,14,15). The summed E-state index contributed by atoms with van der Waals surface area (Å²) in [6, 6.07) is 4.79. The fourth-order valence-corrected chi connectivity index (χ4v) is 2.05. The Hall–Kier alpha value is -1.69. The molecule has 0 radical (unpaired) electrons. The third-order valence-electron chi connectivity index (χ3n) is 2.49. The van der Waals surface area contributed by atoms with Crippen molar-refractivity contribution in [1.29, 1.82) is 0 Å². The first-order valence-electron chi connectivity index (χ1n) is 5.06. The van der Waals surface area contributed by atoms with Crippen molar-refractivity contribution in [1.82, 2.24) is 9.55 Å². The number of aryl methyl sites for hydroxylation is 1. The van der Waals surface area contributed by atoms with Gasteiger partial charge in [-0.15, -0.1) is 0 Å². The van der Waals surface area contributed by atoms with Crippen LogP contribution >= 0.6 is 0 Å². The van der Waals surface area contributed by atoms with E-state index < -0.39 is 16.8 Å². The molecule has 0 fully saturated rings. The zero-order chi connectivity index (χ0) is 12.4. The highest BCUT2D eigenvalue weighted by Gasteiger charge is 2.08. The molecule has 0 aliphatic rings. The van der Waals surface area contributed by atoms with Gasteiger partial charge in [-0.3, -0.25) is 4.21 Å². The molecule has 0 aliphatic carbocycles. The minimum absolute atomic E-state index is 0.233. The fourth-order valence-electron chi connectivity index (χ4n) is 1.59. The Kier molecular flexibility index (Phi) is 3.23. The molecule has 1 unspecified atom stereocenters. The molecule has 1 N–H and O–H groups in total. The summed E-state index contributed by atoms with van der Waals surface area (Å²) < 4.78 is 12.9. The lowest BCUT2D eigenvalue weighted by Crippen LogP contribution is -2.05. The Morgan fingerprint density at radius 3 is 2.94 bits per heavy atom. The number of carboxylic acids is 1. The monoisotopic (exact) mass is 252 g/mol. The van der Waals surface area contributed by atoms with E-state index in [0.29, 0.717) is 12.3 Å². The molecule has 1 aromatic carbocycles. The van der Waals surface area contributed by atoms with Gasteiger partial charge in [0.2, 0.25) is 0 Å². The molecule has 0 bridgehead atoms. The molecule has 6 heteroatoms. The predicted molar refractivity (Wildman–Crippen MR) is 65.6 cm³/mol. The van der Waals surface area contributed by atoms with E-state index in [0.717, 1.165) is 11.0 Å². The largest absolute Gasteiger partial charge is 0.478 e. The molecular weight excluding hydrogens is 240 g/mol. The van der Waals surface area contributed by atoms with Gasteiger partial charge in [0, 0.05) is 29.4 Å². The van der Waals surface area contributed by atoms with Crippen molar-refractivity contribution in [3.05, 3.63) is 30.1 Å². The van der Waals surface area contributed by atoms with Crippen LogP contribution in [0.25, 0.3) is 11.0 Å². The van der Waals surface area contributed by atoms with Crippen LogP contribution < -0.4 is 0 Å².